The topological polar surface area (TPSA) is 67.4 Å². The van der Waals surface area contributed by atoms with Crippen molar-refractivity contribution in [2.75, 3.05) is 7.11 Å². The fourth-order valence-corrected chi connectivity index (χ4v) is 2.75. The van der Waals surface area contributed by atoms with Gasteiger partial charge in [0.05, 0.1) is 13.2 Å². The number of carbonyl (C=O) groups excluding carboxylic acids is 2. The average Bonchev–Trinajstić information content (AvgIpc) is 2.46. The van der Waals surface area contributed by atoms with Gasteiger partial charge in [0.15, 0.2) is 5.78 Å². The first-order chi connectivity index (χ1) is 9.69. The van der Waals surface area contributed by atoms with E-state index in [9.17, 15) is 9.59 Å². The average molecular weight is 272 g/mol. The molecule has 5 nitrogen and oxygen atoms in total. The molecule has 5 heteroatoms. The molecule has 1 aromatic carbocycles. The summed E-state index contributed by atoms with van der Waals surface area (Å²) < 4.78 is 5.13. The summed E-state index contributed by atoms with van der Waals surface area (Å²) >= 11 is 0. The maximum atomic E-state index is 12.2. The monoisotopic (exact) mass is 272 g/mol. The van der Waals surface area contributed by atoms with E-state index in [1.807, 2.05) is 24.3 Å². The zero-order valence-corrected chi connectivity index (χ0v) is 11.2. The van der Waals surface area contributed by atoms with Crippen LogP contribution in [0.25, 0.3) is 0 Å². The number of benzene rings is 1. The Morgan fingerprint density at radius 3 is 2.60 bits per heavy atom. The minimum Gasteiger partial charge on any atom is -0.497 e. The Kier molecular flexibility index (Phi) is 3.18. The van der Waals surface area contributed by atoms with Crippen molar-refractivity contribution in [3.63, 3.8) is 0 Å². The van der Waals surface area contributed by atoms with Crippen LogP contribution in [-0.4, -0.2) is 18.9 Å². The van der Waals surface area contributed by atoms with Gasteiger partial charge >= 0.3 is 6.03 Å². The van der Waals surface area contributed by atoms with Crippen LogP contribution in [0, 0.1) is 0 Å². The molecule has 0 aromatic heterocycles. The molecule has 1 aliphatic carbocycles. The van der Waals surface area contributed by atoms with Gasteiger partial charge in [-0.15, -0.1) is 0 Å². The molecule has 20 heavy (non-hydrogen) atoms. The van der Waals surface area contributed by atoms with Crippen molar-refractivity contribution in [1.29, 1.82) is 0 Å². The Bertz CT molecular complexity index is 590. The molecule has 2 aliphatic rings. The van der Waals surface area contributed by atoms with E-state index < -0.39 is 0 Å². The van der Waals surface area contributed by atoms with E-state index in [1.54, 1.807) is 7.11 Å². The number of rotatable bonds is 2. The summed E-state index contributed by atoms with van der Waals surface area (Å²) in [6.07, 6.45) is 2.09. The minimum absolute atomic E-state index is 0.111. The molecule has 1 aliphatic heterocycles. The van der Waals surface area contributed by atoms with Gasteiger partial charge in [-0.2, -0.15) is 0 Å². The summed E-state index contributed by atoms with van der Waals surface area (Å²) in [5, 5.41) is 5.59. The number of ether oxygens (including phenoxy) is 1. The van der Waals surface area contributed by atoms with E-state index in [4.69, 9.17) is 4.74 Å². The minimum atomic E-state index is -0.363. The third kappa shape index (κ3) is 2.15. The summed E-state index contributed by atoms with van der Waals surface area (Å²) in [5.74, 6) is 0.859. The van der Waals surface area contributed by atoms with Crippen molar-refractivity contribution in [3.05, 3.63) is 41.1 Å². The molecule has 0 fully saturated rings. The Labute approximate surface area is 117 Å². The van der Waals surface area contributed by atoms with Crippen molar-refractivity contribution in [3.8, 4) is 5.75 Å². The van der Waals surface area contributed by atoms with Crippen molar-refractivity contribution in [1.82, 2.24) is 10.6 Å². The Morgan fingerprint density at radius 1 is 1.15 bits per heavy atom. The molecule has 0 saturated carbocycles. The molecular formula is C15H16N2O3. The van der Waals surface area contributed by atoms with Crippen LogP contribution in [0.1, 0.15) is 30.9 Å². The Morgan fingerprint density at radius 2 is 1.90 bits per heavy atom. The smallest absolute Gasteiger partial charge is 0.319 e. The quantitative estimate of drug-likeness (QED) is 0.866. The van der Waals surface area contributed by atoms with Crippen LogP contribution in [0.5, 0.6) is 5.75 Å². The number of nitrogens with one attached hydrogen (secondary N) is 2. The summed E-state index contributed by atoms with van der Waals surface area (Å²) in [5.41, 5.74) is 2.36. The van der Waals surface area contributed by atoms with Crippen molar-refractivity contribution in [2.24, 2.45) is 0 Å². The fourth-order valence-electron chi connectivity index (χ4n) is 2.75. The molecule has 3 rings (SSSR count). The number of amides is 2. The summed E-state index contributed by atoms with van der Waals surface area (Å²) in [6.45, 7) is 0. The molecule has 104 valence electrons. The van der Waals surface area contributed by atoms with E-state index in [0.29, 0.717) is 12.0 Å². The van der Waals surface area contributed by atoms with E-state index >= 15 is 0 Å². The Hall–Kier alpha value is -2.30. The number of urea groups is 1. The van der Waals surface area contributed by atoms with Crippen LogP contribution >= 0.6 is 0 Å². The second kappa shape index (κ2) is 5.00. The molecule has 0 saturated heterocycles. The molecule has 0 spiro atoms. The van der Waals surface area contributed by atoms with E-state index in [2.05, 4.69) is 10.6 Å². The van der Waals surface area contributed by atoms with Crippen LogP contribution in [0.3, 0.4) is 0 Å². The lowest BCUT2D eigenvalue weighted by Crippen LogP contribution is -2.46. The summed E-state index contributed by atoms with van der Waals surface area (Å²) in [4.78, 5) is 23.9. The third-order valence-electron chi connectivity index (χ3n) is 3.73. The predicted octanol–water partition coefficient (Wildman–Crippen LogP) is 2.06. The lowest BCUT2D eigenvalue weighted by Gasteiger charge is -2.32. The highest BCUT2D eigenvalue weighted by molar-refractivity contribution is 6.00. The van der Waals surface area contributed by atoms with Gasteiger partial charge in [-0.3, -0.25) is 4.79 Å². The lowest BCUT2D eigenvalue weighted by molar-refractivity contribution is -0.116. The van der Waals surface area contributed by atoms with Crippen LogP contribution in [0.4, 0.5) is 4.79 Å². The van der Waals surface area contributed by atoms with Gasteiger partial charge in [0, 0.05) is 17.7 Å². The second-order valence-corrected chi connectivity index (χ2v) is 4.97. The number of hydrogen-bond acceptors (Lipinski definition) is 3. The zero-order valence-electron chi connectivity index (χ0n) is 11.2. The largest absolute Gasteiger partial charge is 0.497 e. The normalized spacial score (nSPS) is 21.9. The highest BCUT2D eigenvalue weighted by Gasteiger charge is 2.34. The fraction of sp³-hybridized carbons (Fsp3) is 0.333. The van der Waals surface area contributed by atoms with Crippen molar-refractivity contribution >= 4 is 11.8 Å². The maximum Gasteiger partial charge on any atom is 0.319 e. The van der Waals surface area contributed by atoms with Gasteiger partial charge in [-0.05, 0) is 30.5 Å². The molecule has 1 aromatic rings. The highest BCUT2D eigenvalue weighted by Crippen LogP contribution is 2.33. The number of Topliss-reactive ketones (excluding diaryl/α,β-unsaturated/α-hetero) is 1. The first-order valence-electron chi connectivity index (χ1n) is 6.67. The van der Waals surface area contributed by atoms with E-state index in [-0.39, 0.29) is 17.9 Å². The third-order valence-corrected chi connectivity index (χ3v) is 3.73. The molecule has 0 radical (unpaired) electrons. The molecule has 2 N–H and O–H groups in total. The number of allylic oxidation sites excluding steroid dienone is 1. The van der Waals surface area contributed by atoms with E-state index in [1.165, 1.54) is 0 Å². The van der Waals surface area contributed by atoms with Gasteiger partial charge in [-0.1, -0.05) is 12.1 Å². The Balaban J connectivity index is 2.01. The zero-order chi connectivity index (χ0) is 14.1. The first-order valence-corrected chi connectivity index (χ1v) is 6.67. The number of methoxy groups -OCH3 is 1. The van der Waals surface area contributed by atoms with Crippen LogP contribution in [-0.2, 0) is 4.79 Å². The number of carbonyl (C=O) groups is 2. The SMILES string of the molecule is COc1ccc([C@@H]2NC(=O)NC3=C2C(=O)CCC3)cc1. The van der Waals surface area contributed by atoms with E-state index in [0.717, 1.165) is 29.9 Å². The van der Waals surface area contributed by atoms with Gasteiger partial charge < -0.3 is 15.4 Å². The summed E-state index contributed by atoms with van der Waals surface area (Å²) in [6, 6.07) is 6.80. The molecule has 1 heterocycles. The maximum absolute atomic E-state index is 12.2. The molecule has 2 amide bonds. The molecule has 0 bridgehead atoms. The van der Waals surface area contributed by atoms with Crippen LogP contribution in [0.15, 0.2) is 35.5 Å². The first kappa shape index (κ1) is 12.7. The van der Waals surface area contributed by atoms with Crippen molar-refractivity contribution < 1.29 is 14.3 Å². The number of ketones is 1. The standard InChI is InChI=1S/C15H16N2O3/c1-20-10-7-5-9(6-8-10)14-13-11(16-15(19)17-14)3-2-4-12(13)18/h5-8,14H,2-4H2,1H3,(H2,16,17,19)/t14-/m0/s1. The van der Waals surface area contributed by atoms with Crippen molar-refractivity contribution in [2.45, 2.75) is 25.3 Å². The van der Waals surface area contributed by atoms with Crippen LogP contribution < -0.4 is 15.4 Å². The van der Waals surface area contributed by atoms with Gasteiger partial charge in [-0.25, -0.2) is 4.79 Å². The second-order valence-electron chi connectivity index (χ2n) is 4.97. The molecular weight excluding hydrogens is 256 g/mol. The molecule has 1 atom stereocenters. The molecule has 0 unspecified atom stereocenters. The lowest BCUT2D eigenvalue weighted by atomic mass is 9.85. The number of hydrogen-bond donors (Lipinski definition) is 2. The van der Waals surface area contributed by atoms with Crippen LogP contribution in [0.2, 0.25) is 0 Å². The van der Waals surface area contributed by atoms with Gasteiger partial charge in [0.25, 0.3) is 0 Å². The van der Waals surface area contributed by atoms with Gasteiger partial charge in [0.2, 0.25) is 0 Å². The van der Waals surface area contributed by atoms with Gasteiger partial charge in [0.1, 0.15) is 5.75 Å². The highest BCUT2D eigenvalue weighted by atomic mass is 16.5. The summed E-state index contributed by atoms with van der Waals surface area (Å²) in [7, 11) is 1.60. The predicted molar refractivity (Wildman–Crippen MR) is 73.3 cm³/mol.